The lowest BCUT2D eigenvalue weighted by atomic mass is 10.1. The van der Waals surface area contributed by atoms with Gasteiger partial charge in [0.2, 0.25) is 5.75 Å². The number of amides is 1. The number of hydrogen-bond donors (Lipinski definition) is 1. The Bertz CT molecular complexity index is 1770. The number of allylic oxidation sites excluding steroid dienone is 1. The van der Waals surface area contributed by atoms with Gasteiger partial charge >= 0.3 is 0 Å². The van der Waals surface area contributed by atoms with E-state index < -0.39 is 17.8 Å². The Kier molecular flexibility index (Phi) is 9.45. The van der Waals surface area contributed by atoms with Gasteiger partial charge in [0.15, 0.2) is 17.3 Å². The van der Waals surface area contributed by atoms with E-state index in [1.165, 1.54) is 43.1 Å². The molecule has 1 atom stereocenters. The largest absolute Gasteiger partial charge is 0.493 e. The second-order valence-electron chi connectivity index (χ2n) is 9.93. The number of carbonyl (C=O) groups excluding carboxylic acids is 3. The van der Waals surface area contributed by atoms with Crippen molar-refractivity contribution < 1.29 is 38.4 Å². The number of aromatic nitrogens is 3. The van der Waals surface area contributed by atoms with E-state index in [2.05, 4.69) is 10.3 Å². The molecule has 2 heterocycles. The van der Waals surface area contributed by atoms with Crippen molar-refractivity contribution in [1.82, 2.24) is 15.0 Å². The van der Waals surface area contributed by atoms with Crippen molar-refractivity contribution in [3.05, 3.63) is 94.3 Å². The Labute approximate surface area is 263 Å². The van der Waals surface area contributed by atoms with Gasteiger partial charge in [0.25, 0.3) is 11.7 Å². The molecular weight excluding hydrogens is 604 g/mol. The van der Waals surface area contributed by atoms with E-state index in [1.807, 2.05) is 0 Å². The normalized spacial score (nSPS) is 13.2. The SMILES string of the molecule is COc1ccc(/C=C/C(=O)c2ccc(OCc3cn(CC(O)CN4C(=O)C(=O)c5cc(Cl)ccc54)nn3)cc2)c(OC)c1OC. The summed E-state index contributed by atoms with van der Waals surface area (Å²) in [5.41, 5.74) is 2.23. The fourth-order valence-corrected chi connectivity index (χ4v) is 4.99. The number of β-amino-alcohol motifs (C(OH)–C–C–N with tert-alkyl or cyclic N) is 1. The lowest BCUT2D eigenvalue weighted by Gasteiger charge is -2.20. The average molecular weight is 633 g/mol. The van der Waals surface area contributed by atoms with Crippen LogP contribution in [0.15, 0.2) is 66.9 Å². The van der Waals surface area contributed by atoms with E-state index in [0.29, 0.717) is 50.5 Å². The first-order valence-electron chi connectivity index (χ1n) is 13.7. The molecule has 0 fully saturated rings. The number of fused-ring (bicyclic) bond motifs is 1. The van der Waals surface area contributed by atoms with Crippen LogP contribution in [0.4, 0.5) is 5.69 Å². The smallest absolute Gasteiger partial charge is 0.299 e. The van der Waals surface area contributed by atoms with Crippen LogP contribution in [0.5, 0.6) is 23.0 Å². The van der Waals surface area contributed by atoms with Crippen LogP contribution in [0.1, 0.15) is 32.0 Å². The molecule has 1 N–H and O–H groups in total. The summed E-state index contributed by atoms with van der Waals surface area (Å²) < 4.78 is 23.4. The minimum absolute atomic E-state index is 0.0351. The van der Waals surface area contributed by atoms with Gasteiger partial charge < -0.3 is 29.0 Å². The van der Waals surface area contributed by atoms with E-state index in [-0.39, 0.29) is 31.0 Å². The molecule has 1 unspecified atom stereocenters. The van der Waals surface area contributed by atoms with E-state index in [0.717, 1.165) is 0 Å². The van der Waals surface area contributed by atoms with Crippen LogP contribution in [0, 0.1) is 0 Å². The standard InChI is InChI=1S/C32H29ClN4O8/c1-42-28-13-7-20(30(43-2)31(28)44-3)6-12-27(39)19-4-9-24(10-5-19)45-18-22-15-36(35-34-22)16-23(38)17-37-26-11-8-21(33)14-25(26)29(40)32(37)41/h4-15,23,38H,16-18H2,1-3H3/b12-6+. The van der Waals surface area contributed by atoms with Crippen LogP contribution in [-0.2, 0) is 17.9 Å². The van der Waals surface area contributed by atoms with E-state index >= 15 is 0 Å². The number of hydrogen-bond acceptors (Lipinski definition) is 10. The van der Waals surface area contributed by atoms with Gasteiger partial charge in [-0.2, -0.15) is 0 Å². The highest BCUT2D eigenvalue weighted by Crippen LogP contribution is 2.40. The molecule has 0 aliphatic carbocycles. The van der Waals surface area contributed by atoms with Gasteiger partial charge in [0.1, 0.15) is 18.1 Å². The number of anilines is 1. The Morgan fingerprint density at radius 3 is 2.44 bits per heavy atom. The van der Waals surface area contributed by atoms with E-state index in [1.54, 1.807) is 60.8 Å². The maximum atomic E-state index is 12.8. The number of ketones is 2. The molecule has 1 aliphatic heterocycles. The number of ether oxygens (including phenoxy) is 4. The lowest BCUT2D eigenvalue weighted by molar-refractivity contribution is -0.114. The first-order chi connectivity index (χ1) is 21.7. The minimum Gasteiger partial charge on any atom is -0.493 e. The minimum atomic E-state index is -1.02. The number of halogens is 1. The quantitative estimate of drug-likeness (QED) is 0.130. The molecule has 45 heavy (non-hydrogen) atoms. The molecule has 0 spiro atoms. The summed E-state index contributed by atoms with van der Waals surface area (Å²) >= 11 is 5.95. The number of aliphatic hydroxyl groups is 1. The predicted octanol–water partition coefficient (Wildman–Crippen LogP) is 4.02. The molecule has 232 valence electrons. The number of nitrogens with zero attached hydrogens (tertiary/aromatic N) is 4. The van der Waals surface area contributed by atoms with Gasteiger partial charge in [-0.05, 0) is 66.7 Å². The van der Waals surface area contributed by atoms with Crippen molar-refractivity contribution in [3.63, 3.8) is 0 Å². The maximum absolute atomic E-state index is 12.8. The third kappa shape index (κ3) is 6.82. The second kappa shape index (κ2) is 13.6. The topological polar surface area (TPSA) is 142 Å². The number of Topliss-reactive ketones (excluding diaryl/α,β-unsaturated/α-hetero) is 1. The molecule has 3 aromatic carbocycles. The van der Waals surface area contributed by atoms with Crippen LogP contribution in [0.25, 0.3) is 6.08 Å². The summed E-state index contributed by atoms with van der Waals surface area (Å²) in [5, 5.41) is 19.0. The van der Waals surface area contributed by atoms with Crippen LogP contribution < -0.4 is 23.8 Å². The average Bonchev–Trinajstić information content (AvgIpc) is 3.59. The number of carbonyl (C=O) groups is 3. The van der Waals surface area contributed by atoms with Crippen molar-refractivity contribution in [2.75, 3.05) is 32.8 Å². The van der Waals surface area contributed by atoms with Crippen LogP contribution in [-0.4, -0.2) is 71.6 Å². The predicted molar refractivity (Wildman–Crippen MR) is 164 cm³/mol. The molecule has 5 rings (SSSR count). The summed E-state index contributed by atoms with van der Waals surface area (Å²) in [6, 6.07) is 14.7. The molecular formula is C32H29ClN4O8. The zero-order chi connectivity index (χ0) is 32.1. The summed E-state index contributed by atoms with van der Waals surface area (Å²) in [7, 11) is 4.55. The van der Waals surface area contributed by atoms with Gasteiger partial charge in [0.05, 0.1) is 58.0 Å². The number of methoxy groups -OCH3 is 3. The summed E-state index contributed by atoms with van der Waals surface area (Å²) in [6.45, 7) is 0.0238. The second-order valence-corrected chi connectivity index (χ2v) is 10.4. The maximum Gasteiger partial charge on any atom is 0.299 e. The van der Waals surface area contributed by atoms with Crippen LogP contribution in [0.3, 0.4) is 0 Å². The van der Waals surface area contributed by atoms with Gasteiger partial charge in [-0.3, -0.25) is 14.4 Å². The Hall–Kier alpha value is -5.20. The van der Waals surface area contributed by atoms with Crippen LogP contribution in [0.2, 0.25) is 5.02 Å². The van der Waals surface area contributed by atoms with Crippen molar-refractivity contribution in [2.24, 2.45) is 0 Å². The number of aliphatic hydroxyl groups excluding tert-OH is 1. The zero-order valence-electron chi connectivity index (χ0n) is 24.6. The number of benzene rings is 3. The van der Waals surface area contributed by atoms with Crippen molar-refractivity contribution in [2.45, 2.75) is 19.3 Å². The lowest BCUT2D eigenvalue weighted by Crippen LogP contribution is -2.38. The number of rotatable bonds is 13. The molecule has 0 saturated carbocycles. The summed E-state index contributed by atoms with van der Waals surface area (Å²) in [5.74, 6) is 0.312. The highest BCUT2D eigenvalue weighted by Gasteiger charge is 2.36. The fourth-order valence-electron chi connectivity index (χ4n) is 4.82. The fraction of sp³-hybridized carbons (Fsp3) is 0.219. The third-order valence-electron chi connectivity index (χ3n) is 6.99. The molecule has 12 nitrogen and oxygen atoms in total. The van der Waals surface area contributed by atoms with Crippen LogP contribution >= 0.6 is 11.6 Å². The van der Waals surface area contributed by atoms with E-state index in [4.69, 9.17) is 30.5 Å². The van der Waals surface area contributed by atoms with Gasteiger partial charge in [-0.15, -0.1) is 5.10 Å². The molecule has 0 saturated heterocycles. The highest BCUT2D eigenvalue weighted by molar-refractivity contribution is 6.52. The molecule has 1 amide bonds. The highest BCUT2D eigenvalue weighted by atomic mass is 35.5. The Balaban J connectivity index is 1.14. The zero-order valence-corrected chi connectivity index (χ0v) is 25.4. The summed E-state index contributed by atoms with van der Waals surface area (Å²) in [4.78, 5) is 38.7. The third-order valence-corrected chi connectivity index (χ3v) is 7.22. The van der Waals surface area contributed by atoms with E-state index in [9.17, 15) is 19.5 Å². The van der Waals surface area contributed by atoms with Crippen molar-refractivity contribution in [3.8, 4) is 23.0 Å². The van der Waals surface area contributed by atoms with Gasteiger partial charge in [-0.25, -0.2) is 4.68 Å². The molecule has 4 aromatic rings. The Morgan fingerprint density at radius 2 is 1.73 bits per heavy atom. The first kappa shape index (κ1) is 31.2. The molecule has 1 aromatic heterocycles. The van der Waals surface area contributed by atoms with Gasteiger partial charge in [-0.1, -0.05) is 16.8 Å². The first-order valence-corrected chi connectivity index (χ1v) is 14.1. The molecule has 1 aliphatic rings. The van der Waals surface area contributed by atoms with Gasteiger partial charge in [0, 0.05) is 16.1 Å². The van der Waals surface area contributed by atoms with Crippen molar-refractivity contribution >= 4 is 40.8 Å². The summed E-state index contributed by atoms with van der Waals surface area (Å²) in [6.07, 6.45) is 3.67. The Morgan fingerprint density at radius 1 is 0.978 bits per heavy atom. The molecule has 0 radical (unpaired) electrons. The molecule has 13 heteroatoms. The molecule has 0 bridgehead atoms. The van der Waals surface area contributed by atoms with Crippen molar-refractivity contribution in [1.29, 1.82) is 0 Å². The monoisotopic (exact) mass is 632 g/mol.